The molecule has 1 N–H and O–H groups in total. The molecule has 0 aliphatic rings. The molecule has 0 unspecified atom stereocenters. The summed E-state index contributed by atoms with van der Waals surface area (Å²) in [5.74, 6) is -0.406. The quantitative estimate of drug-likeness (QED) is 0.846. The van der Waals surface area contributed by atoms with Crippen LogP contribution in [-0.4, -0.2) is 41.8 Å². The molecule has 0 aliphatic carbocycles. The lowest BCUT2D eigenvalue weighted by atomic mass is 10.2. The topological polar surface area (TPSA) is 62.3 Å². The van der Waals surface area contributed by atoms with Crippen LogP contribution < -0.4 is 5.32 Å². The van der Waals surface area contributed by atoms with Gasteiger partial charge in [0.1, 0.15) is 4.60 Å². The van der Waals surface area contributed by atoms with Crippen molar-refractivity contribution in [3.05, 3.63) is 28.5 Å². The lowest BCUT2D eigenvalue weighted by Gasteiger charge is -2.20. The Morgan fingerprint density at radius 1 is 1.53 bits per heavy atom. The second-order valence-corrected chi connectivity index (χ2v) is 4.09. The molecule has 1 aromatic rings. The molecular formula is C11H14BrN3O2. The number of carbonyl (C=O) groups is 2. The second-order valence-electron chi connectivity index (χ2n) is 3.33. The molecule has 1 rings (SSSR count). The molecule has 17 heavy (non-hydrogen) atoms. The Bertz CT molecular complexity index is 423. The van der Waals surface area contributed by atoms with Crippen LogP contribution in [0.4, 0.5) is 0 Å². The first-order valence-electron chi connectivity index (χ1n) is 5.20. The van der Waals surface area contributed by atoms with E-state index in [2.05, 4.69) is 26.2 Å². The normalized spacial score (nSPS) is 9.82. The van der Waals surface area contributed by atoms with Crippen molar-refractivity contribution >= 4 is 27.7 Å². The highest BCUT2D eigenvalue weighted by molar-refractivity contribution is 9.10. The van der Waals surface area contributed by atoms with Crippen LogP contribution in [0.15, 0.2) is 22.9 Å². The van der Waals surface area contributed by atoms with Crippen LogP contribution in [0.2, 0.25) is 0 Å². The van der Waals surface area contributed by atoms with E-state index in [0.717, 1.165) is 0 Å². The summed E-state index contributed by atoms with van der Waals surface area (Å²) >= 11 is 3.22. The van der Waals surface area contributed by atoms with Gasteiger partial charge in [0.25, 0.3) is 5.91 Å². The Morgan fingerprint density at radius 3 is 2.76 bits per heavy atom. The molecule has 0 aromatic carbocycles. The Hall–Kier alpha value is -1.43. The number of carbonyl (C=O) groups excluding carboxylic acids is 2. The van der Waals surface area contributed by atoms with Crippen LogP contribution in [0.3, 0.4) is 0 Å². The van der Waals surface area contributed by atoms with Crippen LogP contribution in [0.5, 0.6) is 0 Å². The van der Waals surface area contributed by atoms with Crippen molar-refractivity contribution in [3.63, 3.8) is 0 Å². The molecule has 0 aliphatic heterocycles. The smallest absolute Gasteiger partial charge is 0.257 e. The average Bonchev–Trinajstić information content (AvgIpc) is 2.35. The van der Waals surface area contributed by atoms with Crippen LogP contribution in [0, 0.1) is 0 Å². The summed E-state index contributed by atoms with van der Waals surface area (Å²) in [5, 5.41) is 2.49. The molecule has 0 saturated heterocycles. The zero-order valence-corrected chi connectivity index (χ0v) is 11.3. The van der Waals surface area contributed by atoms with Gasteiger partial charge in [0.15, 0.2) is 0 Å². The van der Waals surface area contributed by atoms with E-state index in [1.54, 1.807) is 25.4 Å². The number of halogens is 1. The predicted molar refractivity (Wildman–Crippen MR) is 67.6 cm³/mol. The minimum Gasteiger partial charge on any atom is -0.358 e. The third-order valence-electron chi connectivity index (χ3n) is 2.27. The highest BCUT2D eigenvalue weighted by Gasteiger charge is 2.19. The van der Waals surface area contributed by atoms with Crippen molar-refractivity contribution < 1.29 is 9.59 Å². The number of nitrogens with zero attached hydrogens (tertiary/aromatic N) is 2. The zero-order valence-electron chi connectivity index (χ0n) is 9.74. The summed E-state index contributed by atoms with van der Waals surface area (Å²) in [5.41, 5.74) is 0.457. The molecule has 2 amide bonds. The van der Waals surface area contributed by atoms with Gasteiger partial charge in [0.05, 0.1) is 12.1 Å². The van der Waals surface area contributed by atoms with Gasteiger partial charge in [-0.3, -0.25) is 9.59 Å². The summed E-state index contributed by atoms with van der Waals surface area (Å²) < 4.78 is 0.486. The third-order valence-corrected chi connectivity index (χ3v) is 2.90. The Morgan fingerprint density at radius 2 is 2.24 bits per heavy atom. The molecule has 5 nitrogen and oxygen atoms in total. The van der Waals surface area contributed by atoms with Gasteiger partial charge in [-0.2, -0.15) is 0 Å². The van der Waals surface area contributed by atoms with E-state index >= 15 is 0 Å². The zero-order chi connectivity index (χ0) is 12.8. The Kier molecular flexibility index (Phi) is 5.09. The molecule has 1 aromatic heterocycles. The van der Waals surface area contributed by atoms with Crippen LogP contribution in [0.25, 0.3) is 0 Å². The minimum absolute atomic E-state index is 0.0488. The molecule has 0 bridgehead atoms. The molecular weight excluding hydrogens is 286 g/mol. The van der Waals surface area contributed by atoms with E-state index in [4.69, 9.17) is 0 Å². The lowest BCUT2D eigenvalue weighted by Crippen LogP contribution is -2.39. The third kappa shape index (κ3) is 3.52. The summed E-state index contributed by atoms with van der Waals surface area (Å²) in [4.78, 5) is 28.8. The fraction of sp³-hybridized carbons (Fsp3) is 0.364. The molecule has 0 radical (unpaired) electrons. The summed E-state index contributed by atoms with van der Waals surface area (Å²) in [6.07, 6.45) is 1.59. The summed E-state index contributed by atoms with van der Waals surface area (Å²) in [6, 6.07) is 3.36. The fourth-order valence-corrected chi connectivity index (χ4v) is 1.72. The van der Waals surface area contributed by atoms with E-state index in [9.17, 15) is 9.59 Å². The largest absolute Gasteiger partial charge is 0.358 e. The number of nitrogens with one attached hydrogen (secondary N) is 1. The Balaban J connectivity index is 2.87. The molecule has 0 saturated carbocycles. The van der Waals surface area contributed by atoms with Gasteiger partial charge in [0.2, 0.25) is 5.91 Å². The predicted octanol–water partition coefficient (Wildman–Crippen LogP) is 1.05. The standard InChI is InChI=1S/C11H14BrN3O2/c1-3-15(7-9(16)13-2)11(17)8-5-4-6-14-10(8)12/h4-6H,3,7H2,1-2H3,(H,13,16). The van der Waals surface area contributed by atoms with E-state index in [0.29, 0.717) is 16.7 Å². The molecule has 0 spiro atoms. The first kappa shape index (κ1) is 13.6. The van der Waals surface area contributed by atoms with Gasteiger partial charge >= 0.3 is 0 Å². The van der Waals surface area contributed by atoms with Gasteiger partial charge in [0, 0.05) is 19.8 Å². The van der Waals surface area contributed by atoms with E-state index < -0.39 is 0 Å². The van der Waals surface area contributed by atoms with Gasteiger partial charge in [-0.05, 0) is 35.0 Å². The maximum Gasteiger partial charge on any atom is 0.257 e. The average molecular weight is 300 g/mol. The monoisotopic (exact) mass is 299 g/mol. The number of likely N-dealkylation sites (N-methyl/N-ethyl adjacent to an activating group) is 2. The number of rotatable bonds is 4. The maximum absolute atomic E-state index is 12.1. The SMILES string of the molecule is CCN(CC(=O)NC)C(=O)c1cccnc1Br. The highest BCUT2D eigenvalue weighted by Crippen LogP contribution is 2.14. The van der Waals surface area contributed by atoms with Gasteiger partial charge < -0.3 is 10.2 Å². The summed E-state index contributed by atoms with van der Waals surface area (Å²) in [6.45, 7) is 2.34. The van der Waals surface area contributed by atoms with Crippen molar-refractivity contribution in [1.29, 1.82) is 0 Å². The van der Waals surface area contributed by atoms with E-state index in [1.807, 2.05) is 6.92 Å². The maximum atomic E-state index is 12.1. The van der Waals surface area contributed by atoms with Crippen LogP contribution >= 0.6 is 15.9 Å². The van der Waals surface area contributed by atoms with Crippen molar-refractivity contribution in [2.75, 3.05) is 20.1 Å². The van der Waals surface area contributed by atoms with E-state index in [1.165, 1.54) is 4.90 Å². The van der Waals surface area contributed by atoms with Gasteiger partial charge in [-0.25, -0.2) is 4.98 Å². The molecule has 1 heterocycles. The number of aromatic nitrogens is 1. The lowest BCUT2D eigenvalue weighted by molar-refractivity contribution is -0.121. The molecule has 92 valence electrons. The fourth-order valence-electron chi connectivity index (χ4n) is 1.30. The first-order chi connectivity index (χ1) is 8.10. The molecule has 0 fully saturated rings. The summed E-state index contributed by atoms with van der Waals surface area (Å²) in [7, 11) is 1.54. The molecule has 6 heteroatoms. The van der Waals surface area contributed by atoms with E-state index in [-0.39, 0.29) is 18.4 Å². The second kappa shape index (κ2) is 6.34. The number of hydrogen-bond acceptors (Lipinski definition) is 3. The molecule has 0 atom stereocenters. The van der Waals surface area contributed by atoms with Crippen molar-refractivity contribution in [3.8, 4) is 0 Å². The Labute approximate surface area is 108 Å². The van der Waals surface area contributed by atoms with Gasteiger partial charge in [-0.1, -0.05) is 0 Å². The number of pyridine rings is 1. The highest BCUT2D eigenvalue weighted by atomic mass is 79.9. The van der Waals surface area contributed by atoms with Crippen molar-refractivity contribution in [1.82, 2.24) is 15.2 Å². The van der Waals surface area contributed by atoms with Crippen LogP contribution in [-0.2, 0) is 4.79 Å². The first-order valence-corrected chi connectivity index (χ1v) is 5.99. The van der Waals surface area contributed by atoms with Crippen molar-refractivity contribution in [2.45, 2.75) is 6.92 Å². The van der Waals surface area contributed by atoms with Crippen LogP contribution in [0.1, 0.15) is 17.3 Å². The minimum atomic E-state index is -0.212. The number of amides is 2. The number of hydrogen-bond donors (Lipinski definition) is 1. The van der Waals surface area contributed by atoms with Crippen molar-refractivity contribution in [2.24, 2.45) is 0 Å². The van der Waals surface area contributed by atoms with Gasteiger partial charge in [-0.15, -0.1) is 0 Å².